The second-order valence-corrected chi connectivity index (χ2v) is 10.3. The van der Waals surface area contributed by atoms with Gasteiger partial charge in [0, 0.05) is 31.4 Å². The highest BCUT2D eigenvalue weighted by Crippen LogP contribution is 2.33. The van der Waals surface area contributed by atoms with Crippen LogP contribution in [0.2, 0.25) is 0 Å². The molecular formula is C28H35N3O5S. The van der Waals surface area contributed by atoms with Gasteiger partial charge in [-0.15, -0.1) is 0 Å². The number of hydrogen-bond donors (Lipinski definition) is 1. The van der Waals surface area contributed by atoms with Gasteiger partial charge in [0.25, 0.3) is 10.0 Å². The monoisotopic (exact) mass is 525 g/mol. The number of ether oxygens (including phenoxy) is 2. The number of rotatable bonds is 12. The Labute approximate surface area is 219 Å². The molecule has 0 spiro atoms. The highest BCUT2D eigenvalue weighted by atomic mass is 32.2. The lowest BCUT2D eigenvalue weighted by atomic mass is 10.2. The molecule has 0 bridgehead atoms. The summed E-state index contributed by atoms with van der Waals surface area (Å²) in [5.74, 6) is 0.382. The first-order chi connectivity index (χ1) is 17.7. The molecule has 0 fully saturated rings. The lowest BCUT2D eigenvalue weighted by molar-refractivity contribution is -0.119. The zero-order chi connectivity index (χ0) is 27.0. The van der Waals surface area contributed by atoms with E-state index in [0.29, 0.717) is 11.5 Å². The standard InChI is InChI=1S/C28H35N3O5S/c1-6-30(7-2)23-12-10-22(11-13-23)19-29-28(32)20-31(24-14-17-26(35-4)27(18-24)36-5)37(33,34)25-15-8-21(3)9-16-25/h8-18H,6-7,19-20H2,1-5H3,(H,29,32). The van der Waals surface area contributed by atoms with Crippen molar-refractivity contribution in [3.8, 4) is 11.5 Å². The van der Waals surface area contributed by atoms with Crippen LogP contribution in [0.5, 0.6) is 11.5 Å². The number of anilines is 2. The maximum atomic E-state index is 13.6. The molecule has 0 radical (unpaired) electrons. The minimum absolute atomic E-state index is 0.0904. The smallest absolute Gasteiger partial charge is 0.264 e. The van der Waals surface area contributed by atoms with Gasteiger partial charge in [0.05, 0.1) is 24.8 Å². The summed E-state index contributed by atoms with van der Waals surface area (Å²) < 4.78 is 39.0. The Balaban J connectivity index is 1.84. The van der Waals surface area contributed by atoms with Crippen LogP contribution in [0.25, 0.3) is 0 Å². The number of aryl methyl sites for hydroxylation is 1. The summed E-state index contributed by atoms with van der Waals surface area (Å²) in [6, 6.07) is 19.2. The average Bonchev–Trinajstić information content (AvgIpc) is 2.91. The fraction of sp³-hybridized carbons (Fsp3) is 0.321. The number of carbonyl (C=O) groups is 1. The second kappa shape index (κ2) is 12.5. The first-order valence-corrected chi connectivity index (χ1v) is 13.6. The van der Waals surface area contributed by atoms with Gasteiger partial charge < -0.3 is 19.7 Å². The molecule has 3 rings (SSSR count). The molecule has 0 aliphatic carbocycles. The van der Waals surface area contributed by atoms with E-state index in [1.807, 2.05) is 31.2 Å². The Bertz CT molecular complexity index is 1290. The van der Waals surface area contributed by atoms with Crippen LogP contribution in [0.15, 0.2) is 71.6 Å². The molecule has 0 atom stereocenters. The van der Waals surface area contributed by atoms with E-state index in [9.17, 15) is 13.2 Å². The highest BCUT2D eigenvalue weighted by Gasteiger charge is 2.28. The number of benzene rings is 3. The summed E-state index contributed by atoms with van der Waals surface area (Å²) in [6.07, 6.45) is 0. The van der Waals surface area contributed by atoms with Crippen LogP contribution in [0, 0.1) is 6.92 Å². The predicted octanol–water partition coefficient (Wildman–Crippen LogP) is 4.37. The first kappa shape index (κ1) is 27.9. The summed E-state index contributed by atoms with van der Waals surface area (Å²) >= 11 is 0. The molecule has 3 aromatic carbocycles. The molecule has 0 heterocycles. The molecule has 0 aliphatic heterocycles. The maximum absolute atomic E-state index is 13.6. The van der Waals surface area contributed by atoms with Crippen LogP contribution in [-0.2, 0) is 21.4 Å². The third-order valence-corrected chi connectivity index (χ3v) is 7.89. The van der Waals surface area contributed by atoms with Crippen molar-refractivity contribution in [1.82, 2.24) is 5.32 Å². The number of methoxy groups -OCH3 is 2. The molecular weight excluding hydrogens is 490 g/mol. The molecule has 0 saturated carbocycles. The summed E-state index contributed by atoms with van der Waals surface area (Å²) in [7, 11) is -1.07. The minimum Gasteiger partial charge on any atom is -0.493 e. The molecule has 0 unspecified atom stereocenters. The molecule has 8 nitrogen and oxygen atoms in total. The molecule has 37 heavy (non-hydrogen) atoms. The summed E-state index contributed by atoms with van der Waals surface area (Å²) in [5.41, 5.74) is 3.26. The van der Waals surface area contributed by atoms with E-state index in [0.717, 1.165) is 34.2 Å². The summed E-state index contributed by atoms with van der Waals surface area (Å²) in [6.45, 7) is 7.79. The van der Waals surface area contributed by atoms with Gasteiger partial charge in [0.1, 0.15) is 6.54 Å². The topological polar surface area (TPSA) is 88.2 Å². The number of hydrogen-bond acceptors (Lipinski definition) is 6. The lowest BCUT2D eigenvalue weighted by Gasteiger charge is -2.25. The Morgan fingerprint density at radius 3 is 2.00 bits per heavy atom. The van der Waals surface area contributed by atoms with Gasteiger partial charge in [0.2, 0.25) is 5.91 Å². The third-order valence-electron chi connectivity index (χ3n) is 6.11. The molecule has 1 amide bonds. The van der Waals surface area contributed by atoms with Crippen LogP contribution in [0.3, 0.4) is 0 Å². The van der Waals surface area contributed by atoms with Crippen molar-refractivity contribution in [3.05, 3.63) is 77.9 Å². The fourth-order valence-corrected chi connectivity index (χ4v) is 5.35. The number of sulfonamides is 1. The summed E-state index contributed by atoms with van der Waals surface area (Å²) in [5, 5.41) is 2.85. The number of amides is 1. The van der Waals surface area contributed by atoms with Gasteiger partial charge >= 0.3 is 0 Å². The Morgan fingerprint density at radius 1 is 0.838 bits per heavy atom. The maximum Gasteiger partial charge on any atom is 0.264 e. The lowest BCUT2D eigenvalue weighted by Crippen LogP contribution is -2.40. The van der Waals surface area contributed by atoms with E-state index >= 15 is 0 Å². The normalized spacial score (nSPS) is 11.1. The van der Waals surface area contributed by atoms with Crippen LogP contribution in [-0.4, -0.2) is 48.2 Å². The predicted molar refractivity (Wildman–Crippen MR) is 147 cm³/mol. The zero-order valence-corrected chi connectivity index (χ0v) is 22.8. The molecule has 198 valence electrons. The molecule has 9 heteroatoms. The van der Waals surface area contributed by atoms with Crippen molar-refractivity contribution in [3.63, 3.8) is 0 Å². The van der Waals surface area contributed by atoms with Gasteiger partial charge in [-0.2, -0.15) is 0 Å². The Kier molecular flexibility index (Phi) is 9.41. The van der Waals surface area contributed by atoms with Crippen molar-refractivity contribution in [2.24, 2.45) is 0 Å². The van der Waals surface area contributed by atoms with E-state index in [-0.39, 0.29) is 17.1 Å². The van der Waals surface area contributed by atoms with E-state index in [4.69, 9.17) is 9.47 Å². The van der Waals surface area contributed by atoms with Crippen molar-refractivity contribution >= 4 is 27.3 Å². The van der Waals surface area contributed by atoms with Crippen molar-refractivity contribution in [1.29, 1.82) is 0 Å². The largest absolute Gasteiger partial charge is 0.493 e. The van der Waals surface area contributed by atoms with E-state index in [1.54, 1.807) is 30.3 Å². The third kappa shape index (κ3) is 6.74. The van der Waals surface area contributed by atoms with Crippen molar-refractivity contribution in [2.75, 3.05) is 43.1 Å². The Morgan fingerprint density at radius 2 is 1.43 bits per heavy atom. The number of nitrogens with zero attached hydrogens (tertiary/aromatic N) is 2. The van der Waals surface area contributed by atoms with Gasteiger partial charge in [-0.25, -0.2) is 8.42 Å². The molecule has 0 aromatic heterocycles. The number of carbonyl (C=O) groups excluding carboxylic acids is 1. The van der Waals surface area contributed by atoms with Crippen molar-refractivity contribution in [2.45, 2.75) is 32.2 Å². The van der Waals surface area contributed by atoms with Crippen LogP contribution in [0.1, 0.15) is 25.0 Å². The van der Waals surface area contributed by atoms with Crippen LogP contribution < -0.4 is 24.0 Å². The van der Waals surface area contributed by atoms with Gasteiger partial charge in [0.15, 0.2) is 11.5 Å². The van der Waals surface area contributed by atoms with Gasteiger partial charge in [-0.3, -0.25) is 9.10 Å². The Hall–Kier alpha value is -3.72. The average molecular weight is 526 g/mol. The molecule has 3 aromatic rings. The van der Waals surface area contributed by atoms with Crippen LogP contribution in [0.4, 0.5) is 11.4 Å². The van der Waals surface area contributed by atoms with Crippen molar-refractivity contribution < 1.29 is 22.7 Å². The zero-order valence-electron chi connectivity index (χ0n) is 22.0. The SMILES string of the molecule is CCN(CC)c1ccc(CNC(=O)CN(c2ccc(OC)c(OC)c2)S(=O)(=O)c2ccc(C)cc2)cc1. The van der Waals surface area contributed by atoms with E-state index < -0.39 is 22.5 Å². The van der Waals surface area contributed by atoms with E-state index in [2.05, 4.69) is 24.1 Å². The second-order valence-electron chi connectivity index (χ2n) is 8.48. The molecule has 0 saturated heterocycles. The van der Waals surface area contributed by atoms with E-state index in [1.165, 1.54) is 26.4 Å². The van der Waals surface area contributed by atoms with Gasteiger partial charge in [-0.05, 0) is 62.7 Å². The van der Waals surface area contributed by atoms with Gasteiger partial charge in [-0.1, -0.05) is 29.8 Å². The quantitative estimate of drug-likeness (QED) is 0.378. The highest BCUT2D eigenvalue weighted by molar-refractivity contribution is 7.92. The fourth-order valence-electron chi connectivity index (χ4n) is 3.93. The summed E-state index contributed by atoms with van der Waals surface area (Å²) in [4.78, 5) is 15.3. The molecule has 1 N–H and O–H groups in total. The first-order valence-electron chi connectivity index (χ1n) is 12.2. The van der Waals surface area contributed by atoms with Crippen LogP contribution >= 0.6 is 0 Å². The minimum atomic E-state index is -4.04. The molecule has 0 aliphatic rings. The number of nitrogens with one attached hydrogen (secondary N) is 1.